The highest BCUT2D eigenvalue weighted by Crippen LogP contribution is 2.24. The van der Waals surface area contributed by atoms with E-state index in [1.165, 1.54) is 5.56 Å². The van der Waals surface area contributed by atoms with Crippen LogP contribution in [0.3, 0.4) is 0 Å². The van der Waals surface area contributed by atoms with E-state index in [4.69, 9.17) is 4.52 Å². The first kappa shape index (κ1) is 19.3. The summed E-state index contributed by atoms with van der Waals surface area (Å²) >= 11 is 0. The van der Waals surface area contributed by atoms with Crippen molar-refractivity contribution in [2.24, 2.45) is 0 Å². The van der Waals surface area contributed by atoms with Crippen molar-refractivity contribution in [3.63, 3.8) is 0 Å². The van der Waals surface area contributed by atoms with Crippen molar-refractivity contribution >= 4 is 5.91 Å². The lowest BCUT2D eigenvalue weighted by Crippen LogP contribution is -2.49. The van der Waals surface area contributed by atoms with Gasteiger partial charge >= 0.3 is 0 Å². The zero-order valence-corrected chi connectivity index (χ0v) is 17.1. The van der Waals surface area contributed by atoms with Crippen molar-refractivity contribution < 1.29 is 9.32 Å². The molecule has 1 aliphatic heterocycles. The summed E-state index contributed by atoms with van der Waals surface area (Å²) < 4.78 is 5.52. The van der Waals surface area contributed by atoms with Crippen molar-refractivity contribution in [1.82, 2.24) is 19.9 Å². The summed E-state index contributed by atoms with van der Waals surface area (Å²) in [5, 5.41) is 4.12. The van der Waals surface area contributed by atoms with E-state index in [1.54, 1.807) is 0 Å². The summed E-state index contributed by atoms with van der Waals surface area (Å²) in [5.74, 6) is 1.33. The van der Waals surface area contributed by atoms with Gasteiger partial charge in [0, 0.05) is 37.3 Å². The van der Waals surface area contributed by atoms with Gasteiger partial charge in [-0.2, -0.15) is 4.98 Å². The fourth-order valence-corrected chi connectivity index (χ4v) is 3.80. The van der Waals surface area contributed by atoms with E-state index < -0.39 is 0 Å². The summed E-state index contributed by atoms with van der Waals surface area (Å²) in [4.78, 5) is 21.7. The molecule has 2 aromatic carbocycles. The van der Waals surface area contributed by atoms with E-state index in [9.17, 15) is 4.79 Å². The molecule has 0 radical (unpaired) electrons. The number of carbonyl (C=O) groups excluding carboxylic acids is 1. The molecule has 6 heteroatoms. The fourth-order valence-electron chi connectivity index (χ4n) is 3.80. The Morgan fingerprint density at radius 1 is 1.03 bits per heavy atom. The molecular weight excluding hydrogens is 364 g/mol. The van der Waals surface area contributed by atoms with Gasteiger partial charge in [-0.05, 0) is 32.4 Å². The predicted molar refractivity (Wildman–Crippen MR) is 112 cm³/mol. The third-order valence-corrected chi connectivity index (χ3v) is 5.59. The first-order valence-electron chi connectivity index (χ1n) is 10.0. The zero-order chi connectivity index (χ0) is 20.4. The molecule has 0 bridgehead atoms. The molecule has 3 aromatic rings. The summed E-state index contributed by atoms with van der Waals surface area (Å²) in [6.07, 6.45) is 0. The molecule has 0 spiro atoms. The number of aromatic nitrogens is 2. The molecule has 4 rings (SSSR count). The van der Waals surface area contributed by atoms with Crippen LogP contribution in [0.5, 0.6) is 0 Å². The van der Waals surface area contributed by atoms with Crippen LogP contribution in [0, 0.1) is 13.8 Å². The van der Waals surface area contributed by atoms with Crippen LogP contribution in [-0.4, -0.2) is 52.0 Å². The van der Waals surface area contributed by atoms with E-state index in [-0.39, 0.29) is 11.9 Å². The molecule has 1 saturated heterocycles. The van der Waals surface area contributed by atoms with Gasteiger partial charge < -0.3 is 9.42 Å². The van der Waals surface area contributed by atoms with E-state index >= 15 is 0 Å². The fraction of sp³-hybridized carbons (Fsp3) is 0.348. The number of rotatable bonds is 4. The topological polar surface area (TPSA) is 62.5 Å². The van der Waals surface area contributed by atoms with E-state index in [0.29, 0.717) is 24.8 Å². The largest absolute Gasteiger partial charge is 0.337 e. The number of nitrogens with zero attached hydrogens (tertiary/aromatic N) is 4. The van der Waals surface area contributed by atoms with Crippen LogP contribution in [0.15, 0.2) is 53.1 Å². The van der Waals surface area contributed by atoms with Crippen molar-refractivity contribution in [2.75, 3.05) is 26.2 Å². The minimum Gasteiger partial charge on any atom is -0.337 e. The van der Waals surface area contributed by atoms with Crippen LogP contribution >= 0.6 is 0 Å². The molecule has 1 amide bonds. The second-order valence-electron chi connectivity index (χ2n) is 7.64. The van der Waals surface area contributed by atoms with Gasteiger partial charge in [0.05, 0.1) is 6.04 Å². The standard InChI is InChI=1S/C23H26N4O2/c1-16-9-10-20(17(2)15-16)23(28)27-13-11-26(12-14-27)18(3)22-24-21(25-29-22)19-7-5-4-6-8-19/h4-10,15,18H,11-14H2,1-3H3. The highest BCUT2D eigenvalue weighted by atomic mass is 16.5. The van der Waals surface area contributed by atoms with Crippen molar-refractivity contribution in [2.45, 2.75) is 26.8 Å². The van der Waals surface area contributed by atoms with Crippen LogP contribution in [0.2, 0.25) is 0 Å². The van der Waals surface area contributed by atoms with E-state index in [2.05, 4.69) is 28.0 Å². The number of carbonyl (C=O) groups is 1. The second-order valence-corrected chi connectivity index (χ2v) is 7.64. The minimum absolute atomic E-state index is 0.0123. The Kier molecular flexibility index (Phi) is 5.45. The lowest BCUT2D eigenvalue weighted by Gasteiger charge is -2.37. The van der Waals surface area contributed by atoms with Crippen LogP contribution in [-0.2, 0) is 0 Å². The third kappa shape index (κ3) is 4.07. The highest BCUT2D eigenvalue weighted by molar-refractivity contribution is 5.95. The Hall–Kier alpha value is -2.99. The maximum absolute atomic E-state index is 12.9. The summed E-state index contributed by atoms with van der Waals surface area (Å²) in [6.45, 7) is 9.05. The summed E-state index contributed by atoms with van der Waals surface area (Å²) in [5.41, 5.74) is 3.94. The average Bonchev–Trinajstić information content (AvgIpc) is 3.24. The predicted octanol–water partition coefficient (Wildman–Crippen LogP) is 3.87. The van der Waals surface area contributed by atoms with Crippen molar-refractivity contribution in [1.29, 1.82) is 0 Å². The molecule has 1 aromatic heterocycles. The molecule has 0 saturated carbocycles. The first-order chi connectivity index (χ1) is 14.0. The lowest BCUT2D eigenvalue weighted by atomic mass is 10.0. The molecule has 1 unspecified atom stereocenters. The van der Waals surface area contributed by atoms with Crippen LogP contribution in [0.4, 0.5) is 0 Å². The number of piperazine rings is 1. The van der Waals surface area contributed by atoms with Gasteiger partial charge in [-0.15, -0.1) is 0 Å². The van der Waals surface area contributed by atoms with E-state index in [1.807, 2.05) is 61.2 Å². The molecule has 29 heavy (non-hydrogen) atoms. The Morgan fingerprint density at radius 2 is 1.76 bits per heavy atom. The normalized spacial score (nSPS) is 16.0. The molecule has 2 heterocycles. The van der Waals surface area contributed by atoms with Crippen LogP contribution in [0.25, 0.3) is 11.4 Å². The molecule has 1 fully saturated rings. The molecule has 150 valence electrons. The Balaban J connectivity index is 1.39. The van der Waals surface area contributed by atoms with E-state index in [0.717, 1.165) is 29.8 Å². The second kappa shape index (κ2) is 8.17. The first-order valence-corrected chi connectivity index (χ1v) is 10.0. The third-order valence-electron chi connectivity index (χ3n) is 5.59. The zero-order valence-electron chi connectivity index (χ0n) is 17.1. The number of hydrogen-bond acceptors (Lipinski definition) is 5. The number of aryl methyl sites for hydroxylation is 2. The number of hydrogen-bond donors (Lipinski definition) is 0. The smallest absolute Gasteiger partial charge is 0.254 e. The molecule has 1 aliphatic rings. The Labute approximate surface area is 171 Å². The molecule has 0 aliphatic carbocycles. The van der Waals surface area contributed by atoms with Gasteiger partial charge in [0.1, 0.15) is 0 Å². The maximum atomic E-state index is 12.9. The summed E-state index contributed by atoms with van der Waals surface area (Å²) in [7, 11) is 0. The molecular formula is C23H26N4O2. The van der Waals surface area contributed by atoms with Gasteiger partial charge in [-0.25, -0.2) is 0 Å². The van der Waals surface area contributed by atoms with Crippen LogP contribution in [0.1, 0.15) is 40.3 Å². The number of benzene rings is 2. The highest BCUT2D eigenvalue weighted by Gasteiger charge is 2.28. The SMILES string of the molecule is Cc1ccc(C(=O)N2CCN(C(C)c3nc(-c4ccccc4)no3)CC2)c(C)c1. The van der Waals surface area contributed by atoms with Gasteiger partial charge in [-0.1, -0.05) is 53.2 Å². The molecule has 6 nitrogen and oxygen atoms in total. The Bertz CT molecular complexity index is 991. The quantitative estimate of drug-likeness (QED) is 0.677. The summed E-state index contributed by atoms with van der Waals surface area (Å²) in [6, 6.07) is 15.8. The minimum atomic E-state index is 0.0123. The monoisotopic (exact) mass is 390 g/mol. The van der Waals surface area contributed by atoms with Crippen molar-refractivity contribution in [3.05, 3.63) is 71.1 Å². The average molecular weight is 390 g/mol. The van der Waals surface area contributed by atoms with Crippen molar-refractivity contribution in [3.8, 4) is 11.4 Å². The Morgan fingerprint density at radius 3 is 2.45 bits per heavy atom. The van der Waals surface area contributed by atoms with Gasteiger partial charge in [0.15, 0.2) is 0 Å². The molecule has 1 atom stereocenters. The van der Waals surface area contributed by atoms with Crippen LogP contribution < -0.4 is 0 Å². The molecule has 0 N–H and O–H groups in total. The maximum Gasteiger partial charge on any atom is 0.254 e. The number of amides is 1. The van der Waals surface area contributed by atoms with Gasteiger partial charge in [0.25, 0.3) is 5.91 Å². The lowest BCUT2D eigenvalue weighted by molar-refractivity contribution is 0.0551. The van der Waals surface area contributed by atoms with Gasteiger partial charge in [-0.3, -0.25) is 9.69 Å². The van der Waals surface area contributed by atoms with Gasteiger partial charge in [0.2, 0.25) is 11.7 Å².